The Hall–Kier alpha value is -2.19. The second-order valence-corrected chi connectivity index (χ2v) is 13.0. The van der Waals surface area contributed by atoms with E-state index in [-0.39, 0.29) is 18.0 Å². The summed E-state index contributed by atoms with van der Waals surface area (Å²) in [7, 11) is 0. The molecular weight excluding hydrogens is 532 g/mol. The fourth-order valence-corrected chi connectivity index (χ4v) is 7.31. The van der Waals surface area contributed by atoms with Gasteiger partial charge in [0.1, 0.15) is 4.47 Å². The number of nitrogens with zero attached hydrogens (tertiary/aromatic N) is 2. The van der Waals surface area contributed by atoms with Crippen LogP contribution in [0.15, 0.2) is 39.7 Å². The topological polar surface area (TPSA) is 96.2 Å². The summed E-state index contributed by atoms with van der Waals surface area (Å²) >= 11 is 3.51. The van der Waals surface area contributed by atoms with Gasteiger partial charge in [-0.2, -0.15) is 9.78 Å². The molecule has 0 radical (unpaired) electrons. The minimum absolute atomic E-state index is 0.229. The smallest absolute Gasteiger partial charge is 0.287 e. The highest BCUT2D eigenvalue weighted by Crippen LogP contribution is 2.61. The van der Waals surface area contributed by atoms with Crippen LogP contribution in [-0.2, 0) is 0 Å². The number of anilines is 1. The van der Waals surface area contributed by atoms with E-state index in [4.69, 9.17) is 0 Å². The Kier molecular flexibility index (Phi) is 7.26. The third-order valence-corrected chi connectivity index (χ3v) is 10.4. The van der Waals surface area contributed by atoms with E-state index in [0.717, 1.165) is 56.6 Å². The highest BCUT2D eigenvalue weighted by atomic mass is 79.9. The van der Waals surface area contributed by atoms with E-state index in [1.54, 1.807) is 30.5 Å². The maximum absolute atomic E-state index is 13.2. The van der Waals surface area contributed by atoms with E-state index < -0.39 is 5.60 Å². The number of halogens is 1. The summed E-state index contributed by atoms with van der Waals surface area (Å²) in [6.07, 6.45) is 9.82. The van der Waals surface area contributed by atoms with Crippen LogP contribution < -0.4 is 16.2 Å². The molecule has 4 atom stereocenters. The minimum atomic E-state index is -0.822. The quantitative estimate of drug-likeness (QED) is 0.410. The van der Waals surface area contributed by atoms with Crippen LogP contribution in [0.25, 0.3) is 5.69 Å². The fourth-order valence-electron chi connectivity index (χ4n) is 6.92. The van der Waals surface area contributed by atoms with Gasteiger partial charge < -0.3 is 15.7 Å². The van der Waals surface area contributed by atoms with Crippen molar-refractivity contribution in [2.24, 2.45) is 23.2 Å². The van der Waals surface area contributed by atoms with Crippen molar-refractivity contribution in [1.29, 1.82) is 0 Å². The standard InChI is InChI=1S/C29H39BrN4O3/c1-18-22-14-20(28(22,2)3)15-23(18)33-24-16-32-34(27(36)25(24)30)21-10-8-19(9-11-21)26(35)31-17-29(37)12-6-4-5-7-13-29/h8-11,16,18,20,22-23,33,37H,4-7,12-15,17H2,1-3H3,(H,31,35)/t18-,20+,22-,23-/m1/s1. The van der Waals surface area contributed by atoms with Crippen molar-refractivity contribution in [3.8, 4) is 5.69 Å². The number of carbonyl (C=O) groups excluding carboxylic acids is 1. The summed E-state index contributed by atoms with van der Waals surface area (Å²) in [5, 5.41) is 21.7. The van der Waals surface area contributed by atoms with Gasteiger partial charge in [-0.3, -0.25) is 9.59 Å². The Morgan fingerprint density at radius 3 is 2.43 bits per heavy atom. The molecule has 37 heavy (non-hydrogen) atoms. The second-order valence-electron chi connectivity index (χ2n) is 12.2. The lowest BCUT2D eigenvalue weighted by Crippen LogP contribution is -2.58. The molecule has 0 unspecified atom stereocenters. The molecule has 200 valence electrons. The average molecular weight is 572 g/mol. The first-order chi connectivity index (χ1) is 17.6. The fraction of sp³-hybridized carbons (Fsp3) is 0.621. The van der Waals surface area contributed by atoms with Crippen molar-refractivity contribution >= 4 is 27.5 Å². The highest BCUT2D eigenvalue weighted by molar-refractivity contribution is 9.10. The van der Waals surface area contributed by atoms with Crippen molar-refractivity contribution in [3.05, 3.63) is 50.9 Å². The SMILES string of the molecule is C[C@@H]1[C@H]2C[C@@H](C[C@H]1Nc1cnn(-c3ccc(C(=O)NCC4(O)CCCCCC4)cc3)c(=O)c1Br)C2(C)C. The van der Waals surface area contributed by atoms with E-state index in [0.29, 0.717) is 39.0 Å². The van der Waals surface area contributed by atoms with Gasteiger partial charge in [-0.25, -0.2) is 0 Å². The molecule has 0 spiro atoms. The Morgan fingerprint density at radius 2 is 1.81 bits per heavy atom. The summed E-state index contributed by atoms with van der Waals surface area (Å²) in [5.41, 5.74) is 1.15. The predicted octanol–water partition coefficient (Wildman–Crippen LogP) is 5.29. The monoisotopic (exact) mass is 570 g/mol. The Balaban J connectivity index is 1.24. The van der Waals surface area contributed by atoms with Gasteiger partial charge in [0.05, 0.1) is 23.2 Å². The largest absolute Gasteiger partial charge is 0.388 e. The van der Waals surface area contributed by atoms with E-state index in [1.165, 1.54) is 11.1 Å². The van der Waals surface area contributed by atoms with Crippen LogP contribution in [-0.4, -0.2) is 39.0 Å². The van der Waals surface area contributed by atoms with Crippen molar-refractivity contribution in [2.75, 3.05) is 11.9 Å². The molecule has 4 fully saturated rings. The van der Waals surface area contributed by atoms with Gasteiger partial charge >= 0.3 is 0 Å². The number of amides is 1. The van der Waals surface area contributed by atoms with Crippen LogP contribution in [0, 0.1) is 23.2 Å². The molecule has 1 amide bonds. The molecule has 1 aromatic heterocycles. The summed E-state index contributed by atoms with van der Waals surface area (Å²) in [6, 6.07) is 7.16. The number of aliphatic hydroxyl groups is 1. The molecule has 0 saturated heterocycles. The Morgan fingerprint density at radius 1 is 1.14 bits per heavy atom. The van der Waals surface area contributed by atoms with Gasteiger partial charge in [0.25, 0.3) is 11.5 Å². The normalized spacial score (nSPS) is 28.0. The summed E-state index contributed by atoms with van der Waals surface area (Å²) in [6.45, 7) is 7.34. The van der Waals surface area contributed by atoms with Crippen molar-refractivity contribution in [2.45, 2.75) is 83.8 Å². The molecule has 0 aliphatic heterocycles. The summed E-state index contributed by atoms with van der Waals surface area (Å²) in [4.78, 5) is 25.8. The molecule has 4 saturated carbocycles. The van der Waals surface area contributed by atoms with E-state index in [2.05, 4.69) is 52.4 Å². The first-order valence-electron chi connectivity index (χ1n) is 13.7. The molecular formula is C29H39BrN4O3. The van der Waals surface area contributed by atoms with Gasteiger partial charge in [0.15, 0.2) is 0 Å². The zero-order valence-corrected chi connectivity index (χ0v) is 23.7. The number of carbonyl (C=O) groups is 1. The van der Waals surface area contributed by atoms with Crippen LogP contribution in [0.1, 0.15) is 82.5 Å². The third kappa shape index (κ3) is 5.11. The Labute approximate surface area is 227 Å². The molecule has 6 rings (SSSR count). The first-order valence-corrected chi connectivity index (χ1v) is 14.5. The van der Waals surface area contributed by atoms with Crippen LogP contribution in [0.2, 0.25) is 0 Å². The lowest BCUT2D eigenvalue weighted by atomic mass is 9.45. The highest BCUT2D eigenvalue weighted by Gasteiger charge is 2.56. The van der Waals surface area contributed by atoms with E-state index in [1.807, 2.05) is 0 Å². The molecule has 8 heteroatoms. The van der Waals surface area contributed by atoms with Crippen LogP contribution in [0.4, 0.5) is 5.69 Å². The number of hydrogen-bond donors (Lipinski definition) is 3. The van der Waals surface area contributed by atoms with Crippen LogP contribution >= 0.6 is 15.9 Å². The maximum Gasteiger partial charge on any atom is 0.287 e. The molecule has 1 heterocycles. The first kappa shape index (κ1) is 26.4. The number of aromatic nitrogens is 2. The molecule has 3 N–H and O–H groups in total. The second kappa shape index (κ2) is 10.2. The van der Waals surface area contributed by atoms with Crippen LogP contribution in [0.3, 0.4) is 0 Å². The lowest BCUT2D eigenvalue weighted by Gasteiger charge is -2.62. The summed E-state index contributed by atoms with van der Waals surface area (Å²) < 4.78 is 1.81. The molecule has 4 aliphatic carbocycles. The number of rotatable bonds is 6. The Bertz CT molecular complexity index is 1200. The van der Waals surface area contributed by atoms with Gasteiger partial charge in [-0.05, 0) is 89.0 Å². The molecule has 2 aromatic rings. The molecule has 4 aliphatic rings. The minimum Gasteiger partial charge on any atom is -0.388 e. The van der Waals surface area contributed by atoms with Gasteiger partial charge in [0.2, 0.25) is 0 Å². The number of nitrogens with one attached hydrogen (secondary N) is 2. The number of fused-ring (bicyclic) bond motifs is 2. The van der Waals surface area contributed by atoms with Gasteiger partial charge in [0, 0.05) is 18.2 Å². The van der Waals surface area contributed by atoms with Crippen molar-refractivity contribution < 1.29 is 9.90 Å². The van der Waals surface area contributed by atoms with Crippen molar-refractivity contribution in [1.82, 2.24) is 15.1 Å². The number of benzene rings is 1. The molecule has 1 aromatic carbocycles. The molecule has 7 nitrogen and oxygen atoms in total. The predicted molar refractivity (Wildman–Crippen MR) is 149 cm³/mol. The number of hydrogen-bond acceptors (Lipinski definition) is 5. The zero-order valence-electron chi connectivity index (χ0n) is 22.1. The van der Waals surface area contributed by atoms with Gasteiger partial charge in [-0.15, -0.1) is 0 Å². The van der Waals surface area contributed by atoms with E-state index in [9.17, 15) is 14.7 Å². The third-order valence-electron chi connectivity index (χ3n) is 9.60. The lowest BCUT2D eigenvalue weighted by molar-refractivity contribution is -0.105. The maximum atomic E-state index is 13.2. The summed E-state index contributed by atoms with van der Waals surface area (Å²) in [5.74, 6) is 1.75. The zero-order chi connectivity index (χ0) is 26.4. The van der Waals surface area contributed by atoms with E-state index >= 15 is 0 Å². The van der Waals surface area contributed by atoms with Gasteiger partial charge in [-0.1, -0.05) is 46.5 Å². The average Bonchev–Trinajstić information content (AvgIpc) is 3.11. The molecule has 2 bridgehead atoms. The van der Waals surface area contributed by atoms with Crippen LogP contribution in [0.5, 0.6) is 0 Å². The van der Waals surface area contributed by atoms with Crippen molar-refractivity contribution in [3.63, 3.8) is 0 Å².